The molecule has 0 bridgehead atoms. The molecule has 0 unspecified atom stereocenters. The fourth-order valence-corrected chi connectivity index (χ4v) is 3.49. The zero-order valence-electron chi connectivity index (χ0n) is 13.0. The van der Waals surface area contributed by atoms with Gasteiger partial charge in [0.25, 0.3) is 0 Å². The molecule has 0 saturated heterocycles. The van der Waals surface area contributed by atoms with E-state index in [2.05, 4.69) is 20.7 Å². The molecular formula is C18H15N3O2S. The SMILES string of the molecule is COc1ccc(-c2csc3ncnc(NCc4ccco4)c23)cc1. The summed E-state index contributed by atoms with van der Waals surface area (Å²) in [5.41, 5.74) is 2.22. The Labute approximate surface area is 142 Å². The van der Waals surface area contributed by atoms with Crippen LogP contribution in [-0.2, 0) is 6.54 Å². The minimum atomic E-state index is 0.580. The number of methoxy groups -OCH3 is 1. The van der Waals surface area contributed by atoms with Crippen molar-refractivity contribution in [2.75, 3.05) is 12.4 Å². The van der Waals surface area contributed by atoms with E-state index in [1.54, 1.807) is 31.0 Å². The largest absolute Gasteiger partial charge is 0.497 e. The molecular weight excluding hydrogens is 322 g/mol. The number of hydrogen-bond acceptors (Lipinski definition) is 6. The first kappa shape index (κ1) is 14.7. The number of furan rings is 1. The van der Waals surface area contributed by atoms with E-state index < -0.39 is 0 Å². The maximum absolute atomic E-state index is 5.37. The number of aromatic nitrogens is 2. The van der Waals surface area contributed by atoms with E-state index in [-0.39, 0.29) is 0 Å². The van der Waals surface area contributed by atoms with Crippen LogP contribution in [0.1, 0.15) is 5.76 Å². The average Bonchev–Trinajstić information content (AvgIpc) is 3.30. The molecule has 0 aliphatic rings. The Morgan fingerprint density at radius 2 is 2.04 bits per heavy atom. The molecule has 4 rings (SSSR count). The minimum absolute atomic E-state index is 0.580. The van der Waals surface area contributed by atoms with Crippen molar-refractivity contribution in [1.29, 1.82) is 0 Å². The molecule has 120 valence electrons. The van der Waals surface area contributed by atoms with Gasteiger partial charge >= 0.3 is 0 Å². The second-order valence-corrected chi connectivity index (χ2v) is 6.07. The molecule has 0 radical (unpaired) electrons. The molecule has 0 amide bonds. The van der Waals surface area contributed by atoms with Crippen LogP contribution in [0.5, 0.6) is 5.75 Å². The molecule has 0 spiro atoms. The van der Waals surface area contributed by atoms with Gasteiger partial charge in [-0.1, -0.05) is 12.1 Å². The van der Waals surface area contributed by atoms with E-state index in [1.807, 2.05) is 36.4 Å². The first-order valence-electron chi connectivity index (χ1n) is 7.48. The summed E-state index contributed by atoms with van der Waals surface area (Å²) in [6, 6.07) is 11.8. The molecule has 4 aromatic rings. The van der Waals surface area contributed by atoms with Crippen molar-refractivity contribution in [2.45, 2.75) is 6.54 Å². The van der Waals surface area contributed by atoms with Gasteiger partial charge < -0.3 is 14.5 Å². The van der Waals surface area contributed by atoms with Crippen LogP contribution < -0.4 is 10.1 Å². The van der Waals surface area contributed by atoms with Crippen molar-refractivity contribution >= 4 is 27.4 Å². The van der Waals surface area contributed by atoms with Crippen LogP contribution in [0.4, 0.5) is 5.82 Å². The van der Waals surface area contributed by atoms with Gasteiger partial charge in [0, 0.05) is 10.9 Å². The Balaban J connectivity index is 1.73. The number of fused-ring (bicyclic) bond motifs is 1. The van der Waals surface area contributed by atoms with E-state index >= 15 is 0 Å². The zero-order chi connectivity index (χ0) is 16.4. The number of nitrogens with zero attached hydrogens (tertiary/aromatic N) is 2. The molecule has 0 fully saturated rings. The van der Waals surface area contributed by atoms with Crippen LogP contribution in [-0.4, -0.2) is 17.1 Å². The Hall–Kier alpha value is -2.86. The molecule has 5 nitrogen and oxygen atoms in total. The zero-order valence-corrected chi connectivity index (χ0v) is 13.8. The summed E-state index contributed by atoms with van der Waals surface area (Å²) >= 11 is 1.61. The first-order chi connectivity index (χ1) is 11.8. The summed E-state index contributed by atoms with van der Waals surface area (Å²) in [7, 11) is 1.67. The second kappa shape index (κ2) is 6.33. The molecule has 1 aromatic carbocycles. The third kappa shape index (κ3) is 2.72. The fourth-order valence-electron chi connectivity index (χ4n) is 2.58. The Morgan fingerprint density at radius 1 is 1.17 bits per heavy atom. The van der Waals surface area contributed by atoms with Crippen molar-refractivity contribution in [2.24, 2.45) is 0 Å². The lowest BCUT2D eigenvalue weighted by Gasteiger charge is -2.07. The van der Waals surface area contributed by atoms with E-state index in [1.165, 1.54) is 0 Å². The molecule has 3 aromatic heterocycles. The van der Waals surface area contributed by atoms with Gasteiger partial charge in [-0.15, -0.1) is 11.3 Å². The standard InChI is InChI=1S/C18H15N3O2S/c1-22-13-6-4-12(5-7-13)15-10-24-18-16(15)17(20-11-21-18)19-9-14-3-2-8-23-14/h2-8,10-11H,9H2,1H3,(H,19,20,21). The van der Waals surface area contributed by atoms with Gasteiger partial charge in [0.1, 0.15) is 28.5 Å². The first-order valence-corrected chi connectivity index (χ1v) is 8.36. The maximum atomic E-state index is 5.37. The highest BCUT2D eigenvalue weighted by atomic mass is 32.1. The van der Waals surface area contributed by atoms with E-state index in [9.17, 15) is 0 Å². The molecule has 1 N–H and O–H groups in total. The van der Waals surface area contributed by atoms with Crippen LogP contribution in [0.15, 0.2) is 58.8 Å². The second-order valence-electron chi connectivity index (χ2n) is 5.21. The smallest absolute Gasteiger partial charge is 0.139 e. The quantitative estimate of drug-likeness (QED) is 0.578. The van der Waals surface area contributed by atoms with Crippen LogP contribution in [0.3, 0.4) is 0 Å². The molecule has 0 aliphatic heterocycles. The van der Waals surface area contributed by atoms with E-state index in [0.717, 1.165) is 38.7 Å². The average molecular weight is 337 g/mol. The normalized spacial score (nSPS) is 10.9. The van der Waals surface area contributed by atoms with Crippen LogP contribution >= 0.6 is 11.3 Å². The summed E-state index contributed by atoms with van der Waals surface area (Å²) < 4.78 is 10.6. The predicted octanol–water partition coefficient (Wildman–Crippen LogP) is 4.57. The maximum Gasteiger partial charge on any atom is 0.139 e. The third-order valence-corrected chi connectivity index (χ3v) is 4.67. The molecule has 0 saturated carbocycles. The summed E-state index contributed by atoms with van der Waals surface area (Å²) in [4.78, 5) is 9.76. The van der Waals surface area contributed by atoms with Crippen molar-refractivity contribution in [1.82, 2.24) is 9.97 Å². The number of benzene rings is 1. The molecule has 3 heterocycles. The molecule has 0 aliphatic carbocycles. The topological polar surface area (TPSA) is 60.2 Å². The predicted molar refractivity (Wildman–Crippen MR) is 95.4 cm³/mol. The van der Waals surface area contributed by atoms with E-state index in [4.69, 9.17) is 9.15 Å². The van der Waals surface area contributed by atoms with Crippen LogP contribution in [0, 0.1) is 0 Å². The van der Waals surface area contributed by atoms with Gasteiger partial charge in [-0.25, -0.2) is 9.97 Å². The highest BCUT2D eigenvalue weighted by molar-refractivity contribution is 7.17. The Morgan fingerprint density at radius 3 is 2.79 bits per heavy atom. The fraction of sp³-hybridized carbons (Fsp3) is 0.111. The number of hydrogen-bond donors (Lipinski definition) is 1. The summed E-state index contributed by atoms with van der Waals surface area (Å²) in [5, 5.41) is 6.48. The van der Waals surface area contributed by atoms with Crippen LogP contribution in [0.2, 0.25) is 0 Å². The number of nitrogens with one attached hydrogen (secondary N) is 1. The Bertz CT molecular complexity index is 946. The number of thiophene rings is 1. The van der Waals surface area contributed by atoms with Gasteiger partial charge in [0.2, 0.25) is 0 Å². The molecule has 0 atom stereocenters. The van der Waals surface area contributed by atoms with Gasteiger partial charge in [-0.3, -0.25) is 0 Å². The summed E-state index contributed by atoms with van der Waals surface area (Å²) in [6.07, 6.45) is 3.25. The van der Waals surface area contributed by atoms with Crippen molar-refractivity contribution in [3.8, 4) is 16.9 Å². The van der Waals surface area contributed by atoms with Crippen molar-refractivity contribution < 1.29 is 9.15 Å². The molecule has 6 heteroatoms. The van der Waals surface area contributed by atoms with Gasteiger partial charge in [-0.2, -0.15) is 0 Å². The lowest BCUT2D eigenvalue weighted by atomic mass is 10.1. The lowest BCUT2D eigenvalue weighted by molar-refractivity contribution is 0.415. The Kier molecular flexibility index (Phi) is 3.88. The monoisotopic (exact) mass is 337 g/mol. The number of ether oxygens (including phenoxy) is 1. The van der Waals surface area contributed by atoms with Gasteiger partial charge in [-0.05, 0) is 29.8 Å². The van der Waals surface area contributed by atoms with E-state index in [0.29, 0.717) is 6.54 Å². The highest BCUT2D eigenvalue weighted by Crippen LogP contribution is 2.37. The highest BCUT2D eigenvalue weighted by Gasteiger charge is 2.13. The van der Waals surface area contributed by atoms with Gasteiger partial charge in [0.15, 0.2) is 0 Å². The number of anilines is 1. The number of rotatable bonds is 5. The third-order valence-electron chi connectivity index (χ3n) is 3.78. The van der Waals surface area contributed by atoms with Crippen molar-refractivity contribution in [3.05, 3.63) is 60.1 Å². The van der Waals surface area contributed by atoms with Crippen molar-refractivity contribution in [3.63, 3.8) is 0 Å². The van der Waals surface area contributed by atoms with Gasteiger partial charge in [0.05, 0.1) is 25.3 Å². The summed E-state index contributed by atoms with van der Waals surface area (Å²) in [5.74, 6) is 2.51. The summed E-state index contributed by atoms with van der Waals surface area (Å²) in [6.45, 7) is 0.580. The lowest BCUT2D eigenvalue weighted by Crippen LogP contribution is -2.01. The minimum Gasteiger partial charge on any atom is -0.497 e. The molecule has 24 heavy (non-hydrogen) atoms. The van der Waals surface area contributed by atoms with Crippen LogP contribution in [0.25, 0.3) is 21.3 Å².